The number of nitrogens with zero attached hydrogens (tertiary/aromatic N) is 3. The van der Waals surface area contributed by atoms with E-state index in [1.807, 2.05) is 31.2 Å². The van der Waals surface area contributed by atoms with Gasteiger partial charge in [-0.15, -0.1) is 0 Å². The third-order valence-electron chi connectivity index (χ3n) is 2.92. The fourth-order valence-corrected chi connectivity index (χ4v) is 1.93. The summed E-state index contributed by atoms with van der Waals surface area (Å²) < 4.78 is 5.14. The second-order valence-corrected chi connectivity index (χ2v) is 4.25. The van der Waals surface area contributed by atoms with Crippen LogP contribution in [0.3, 0.4) is 0 Å². The highest BCUT2D eigenvalue weighted by atomic mass is 16.5. The number of hydrogen-bond acceptors (Lipinski definition) is 3. The molecule has 1 heterocycles. The number of amidine groups is 1. The largest absolute Gasteiger partial charge is 0.495 e. The number of hydrazone groups is 1. The minimum Gasteiger partial charge on any atom is -0.495 e. The summed E-state index contributed by atoms with van der Waals surface area (Å²) in [5.41, 5.74) is 3.45. The molecule has 0 fully saturated rings. The predicted molar refractivity (Wildman–Crippen MR) is 79.7 cm³/mol. The Bertz CT molecular complexity index is 599. The molecule has 1 aromatic rings. The summed E-state index contributed by atoms with van der Waals surface area (Å²) in [6.45, 7) is 9.87. The molecular formula is C15H17N3O. The molecule has 4 heteroatoms. The molecule has 0 saturated carbocycles. The second-order valence-electron chi connectivity index (χ2n) is 4.25. The molecule has 19 heavy (non-hydrogen) atoms. The van der Waals surface area contributed by atoms with Crippen molar-refractivity contribution >= 4 is 17.2 Å². The van der Waals surface area contributed by atoms with Crippen LogP contribution in [0.4, 0.5) is 5.69 Å². The van der Waals surface area contributed by atoms with Gasteiger partial charge < -0.3 is 4.74 Å². The van der Waals surface area contributed by atoms with Gasteiger partial charge in [0.1, 0.15) is 11.5 Å². The molecule has 0 amide bonds. The molecule has 0 aliphatic carbocycles. The quantitative estimate of drug-likeness (QED) is 0.779. The maximum absolute atomic E-state index is 5.14. The van der Waals surface area contributed by atoms with Gasteiger partial charge in [-0.25, -0.2) is 5.01 Å². The van der Waals surface area contributed by atoms with Gasteiger partial charge >= 0.3 is 0 Å². The van der Waals surface area contributed by atoms with Crippen molar-refractivity contribution in [3.63, 3.8) is 0 Å². The number of aliphatic imine (C=N–C) groups is 1. The number of anilines is 1. The zero-order valence-electron chi connectivity index (χ0n) is 11.5. The van der Waals surface area contributed by atoms with Gasteiger partial charge in [-0.2, -0.15) is 5.10 Å². The van der Waals surface area contributed by atoms with Crippen LogP contribution in [0.5, 0.6) is 0 Å². The molecule has 0 bridgehead atoms. The van der Waals surface area contributed by atoms with E-state index in [-0.39, 0.29) is 0 Å². The maximum atomic E-state index is 5.14. The highest BCUT2D eigenvalue weighted by Gasteiger charge is 2.29. The Hall–Kier alpha value is -2.36. The lowest BCUT2D eigenvalue weighted by Crippen LogP contribution is -2.21. The topological polar surface area (TPSA) is 37.2 Å². The molecule has 98 valence electrons. The SMILES string of the molecule is C=C(OC)C1=NN(c2cccc(C)c2)C(=NC)C1=C. The number of hydrogen-bond donors (Lipinski definition) is 0. The molecule has 2 rings (SSSR count). The smallest absolute Gasteiger partial charge is 0.158 e. The van der Waals surface area contributed by atoms with Gasteiger partial charge in [-0.05, 0) is 24.6 Å². The highest BCUT2D eigenvalue weighted by molar-refractivity contribution is 6.36. The van der Waals surface area contributed by atoms with Gasteiger partial charge in [-0.1, -0.05) is 25.3 Å². The Balaban J connectivity index is 2.47. The number of allylic oxidation sites excluding steroid dienone is 1. The van der Waals surface area contributed by atoms with Gasteiger partial charge in [0, 0.05) is 12.6 Å². The zero-order valence-corrected chi connectivity index (χ0v) is 11.5. The van der Waals surface area contributed by atoms with E-state index >= 15 is 0 Å². The van der Waals surface area contributed by atoms with E-state index in [1.54, 1.807) is 19.2 Å². The molecule has 1 aliphatic heterocycles. The van der Waals surface area contributed by atoms with E-state index in [1.165, 1.54) is 0 Å². The first-order valence-electron chi connectivity index (χ1n) is 5.93. The Kier molecular flexibility index (Phi) is 3.51. The van der Waals surface area contributed by atoms with Crippen molar-refractivity contribution in [3.05, 3.63) is 54.3 Å². The van der Waals surface area contributed by atoms with Crippen molar-refractivity contribution in [1.29, 1.82) is 0 Å². The molecule has 0 saturated heterocycles. The first-order valence-corrected chi connectivity index (χ1v) is 5.93. The summed E-state index contributed by atoms with van der Waals surface area (Å²) in [6.07, 6.45) is 0. The maximum Gasteiger partial charge on any atom is 0.158 e. The Morgan fingerprint density at radius 1 is 1.42 bits per heavy atom. The Morgan fingerprint density at radius 3 is 2.74 bits per heavy atom. The molecule has 0 N–H and O–H groups in total. The molecule has 1 aromatic carbocycles. The van der Waals surface area contributed by atoms with Crippen molar-refractivity contribution in [2.45, 2.75) is 6.92 Å². The number of methoxy groups -OCH3 is 1. The summed E-state index contributed by atoms with van der Waals surface area (Å²) in [5.74, 6) is 1.19. The van der Waals surface area contributed by atoms with Gasteiger partial charge in [0.2, 0.25) is 0 Å². The first-order chi connectivity index (χ1) is 9.08. The van der Waals surface area contributed by atoms with Gasteiger partial charge in [0.05, 0.1) is 12.8 Å². The molecule has 1 aliphatic rings. The fourth-order valence-electron chi connectivity index (χ4n) is 1.93. The summed E-state index contributed by atoms with van der Waals surface area (Å²) in [7, 11) is 3.29. The average Bonchev–Trinajstić information content (AvgIpc) is 2.75. The summed E-state index contributed by atoms with van der Waals surface area (Å²) in [4.78, 5) is 4.25. The second kappa shape index (κ2) is 5.10. The van der Waals surface area contributed by atoms with Crippen LogP contribution in [0.2, 0.25) is 0 Å². The Morgan fingerprint density at radius 2 is 2.16 bits per heavy atom. The molecular weight excluding hydrogens is 238 g/mol. The molecule has 4 nitrogen and oxygen atoms in total. The van der Waals surface area contributed by atoms with Crippen LogP contribution in [0.15, 0.2) is 58.8 Å². The standard InChI is InChI=1S/C15H17N3O/c1-10-7-6-8-13(9-10)18-15(16-4)11(2)14(17-18)12(3)19-5/h6-9H,2-3H2,1,4-5H3. The third kappa shape index (κ3) is 2.29. The van der Waals surface area contributed by atoms with Crippen LogP contribution in [-0.2, 0) is 4.74 Å². The first kappa shape index (κ1) is 13.1. The van der Waals surface area contributed by atoms with Crippen LogP contribution in [0.1, 0.15) is 5.56 Å². The number of aryl methyl sites for hydroxylation is 1. The van der Waals surface area contributed by atoms with Crippen molar-refractivity contribution < 1.29 is 4.74 Å². The van der Waals surface area contributed by atoms with E-state index in [4.69, 9.17) is 4.74 Å². The number of benzene rings is 1. The molecule has 0 radical (unpaired) electrons. The van der Waals surface area contributed by atoms with Gasteiger partial charge in [-0.3, -0.25) is 4.99 Å². The van der Waals surface area contributed by atoms with Gasteiger partial charge in [0.15, 0.2) is 5.84 Å². The van der Waals surface area contributed by atoms with E-state index in [9.17, 15) is 0 Å². The summed E-state index contributed by atoms with van der Waals surface area (Å²) in [5, 5.41) is 6.26. The lowest BCUT2D eigenvalue weighted by Gasteiger charge is -2.15. The van der Waals surface area contributed by atoms with Crippen molar-refractivity contribution in [3.8, 4) is 0 Å². The van der Waals surface area contributed by atoms with E-state index in [0.717, 1.165) is 16.8 Å². The van der Waals surface area contributed by atoms with Crippen LogP contribution < -0.4 is 5.01 Å². The lowest BCUT2D eigenvalue weighted by molar-refractivity contribution is 0.317. The lowest BCUT2D eigenvalue weighted by atomic mass is 10.1. The van der Waals surface area contributed by atoms with Gasteiger partial charge in [0.25, 0.3) is 0 Å². The van der Waals surface area contributed by atoms with E-state index < -0.39 is 0 Å². The van der Waals surface area contributed by atoms with E-state index in [0.29, 0.717) is 17.3 Å². The molecule has 0 unspecified atom stereocenters. The van der Waals surface area contributed by atoms with Crippen molar-refractivity contribution in [2.24, 2.45) is 10.1 Å². The Labute approximate surface area is 113 Å². The molecule has 0 atom stereocenters. The summed E-state index contributed by atoms with van der Waals surface area (Å²) >= 11 is 0. The third-order valence-corrected chi connectivity index (χ3v) is 2.92. The monoisotopic (exact) mass is 255 g/mol. The number of ether oxygens (including phenoxy) is 1. The normalized spacial score (nSPS) is 16.8. The minimum atomic E-state index is 0.487. The minimum absolute atomic E-state index is 0.487. The fraction of sp³-hybridized carbons (Fsp3) is 0.200. The van der Waals surface area contributed by atoms with Crippen molar-refractivity contribution in [2.75, 3.05) is 19.2 Å². The molecule has 0 aromatic heterocycles. The van der Waals surface area contributed by atoms with Crippen LogP contribution in [-0.4, -0.2) is 25.7 Å². The van der Waals surface area contributed by atoms with Crippen LogP contribution >= 0.6 is 0 Å². The highest BCUT2D eigenvalue weighted by Crippen LogP contribution is 2.26. The average molecular weight is 255 g/mol. The molecule has 0 spiro atoms. The zero-order chi connectivity index (χ0) is 14.0. The van der Waals surface area contributed by atoms with Crippen LogP contribution in [0.25, 0.3) is 0 Å². The number of rotatable bonds is 3. The summed E-state index contributed by atoms with van der Waals surface area (Å²) in [6, 6.07) is 8.04. The van der Waals surface area contributed by atoms with E-state index in [2.05, 4.69) is 23.3 Å². The van der Waals surface area contributed by atoms with Crippen LogP contribution in [0, 0.1) is 6.92 Å². The van der Waals surface area contributed by atoms with Crippen molar-refractivity contribution in [1.82, 2.24) is 0 Å². The predicted octanol–water partition coefficient (Wildman–Crippen LogP) is 2.92.